The fourth-order valence-corrected chi connectivity index (χ4v) is 6.36. The van der Waals surface area contributed by atoms with E-state index in [1.807, 2.05) is 59.3 Å². The second-order valence-electron chi connectivity index (χ2n) is 7.40. The van der Waals surface area contributed by atoms with Gasteiger partial charge in [-0.1, -0.05) is 36.4 Å². The third-order valence-electron chi connectivity index (χ3n) is 5.94. The zero-order chi connectivity index (χ0) is 21.8. The molecule has 2 heterocycles. The highest BCUT2D eigenvalue weighted by atomic mass is 32.1. The van der Waals surface area contributed by atoms with Gasteiger partial charge in [0.05, 0.1) is 24.3 Å². The summed E-state index contributed by atoms with van der Waals surface area (Å²) in [6.07, 6.45) is 0. The van der Waals surface area contributed by atoms with Crippen molar-refractivity contribution in [1.29, 1.82) is 10.5 Å². The SMILES string of the molecule is [C-]#[N+]/C(C#N)=c1/c(-c2cccs2)c2c3cccc4c(C#N)ccc(c-2c1-c1cccs1)c43. The number of benzene rings is 2. The van der Waals surface area contributed by atoms with Crippen molar-refractivity contribution in [2.75, 3.05) is 0 Å². The van der Waals surface area contributed by atoms with E-state index < -0.39 is 0 Å². The molecule has 0 radical (unpaired) electrons. The number of nitriles is 2. The first-order valence-corrected chi connectivity index (χ1v) is 11.6. The highest BCUT2D eigenvalue weighted by Gasteiger charge is 2.30. The zero-order valence-electron chi connectivity index (χ0n) is 16.5. The summed E-state index contributed by atoms with van der Waals surface area (Å²) >= 11 is 3.21. The average molecular weight is 442 g/mol. The Morgan fingerprint density at radius 3 is 1.91 bits per heavy atom. The predicted octanol–water partition coefficient (Wildman–Crippen LogP) is 7.13. The summed E-state index contributed by atoms with van der Waals surface area (Å²) in [6.45, 7) is 7.75. The molecule has 146 valence electrons. The molecule has 0 amide bonds. The lowest BCUT2D eigenvalue weighted by Crippen LogP contribution is -2.06. The van der Waals surface area contributed by atoms with Crippen molar-refractivity contribution in [3.8, 4) is 44.1 Å². The molecule has 3 nitrogen and oxygen atoms in total. The van der Waals surface area contributed by atoms with Crippen LogP contribution in [0.1, 0.15) is 5.56 Å². The van der Waals surface area contributed by atoms with Crippen LogP contribution in [0.25, 0.3) is 64.1 Å². The van der Waals surface area contributed by atoms with E-state index in [4.69, 9.17) is 6.57 Å². The highest BCUT2D eigenvalue weighted by Crippen LogP contribution is 2.52. The monoisotopic (exact) mass is 441 g/mol. The number of hydrogen-bond donors (Lipinski definition) is 0. The van der Waals surface area contributed by atoms with Crippen molar-refractivity contribution < 1.29 is 0 Å². The summed E-state index contributed by atoms with van der Waals surface area (Å²) in [5.74, 6) is 0. The van der Waals surface area contributed by atoms with Crippen molar-refractivity contribution in [1.82, 2.24) is 0 Å². The second kappa shape index (κ2) is 6.91. The zero-order valence-corrected chi connectivity index (χ0v) is 18.1. The van der Waals surface area contributed by atoms with Crippen LogP contribution < -0.4 is 5.22 Å². The Morgan fingerprint density at radius 1 is 0.750 bits per heavy atom. The van der Waals surface area contributed by atoms with E-state index in [0.29, 0.717) is 10.8 Å². The van der Waals surface area contributed by atoms with Gasteiger partial charge in [-0.15, -0.1) is 22.7 Å². The summed E-state index contributed by atoms with van der Waals surface area (Å²) in [5.41, 5.74) is 4.74. The first kappa shape index (κ1) is 18.6. The van der Waals surface area contributed by atoms with Gasteiger partial charge in [0, 0.05) is 20.4 Å². The Bertz CT molecular complexity index is 1700. The van der Waals surface area contributed by atoms with Crippen LogP contribution in [0, 0.1) is 29.2 Å². The topological polar surface area (TPSA) is 51.9 Å². The third-order valence-corrected chi connectivity index (χ3v) is 7.71. The fraction of sp³-hybridized carbons (Fsp3) is 0. The lowest BCUT2D eigenvalue weighted by Gasteiger charge is -2.04. The predicted molar refractivity (Wildman–Crippen MR) is 131 cm³/mol. The minimum absolute atomic E-state index is 0.105. The molecular weight excluding hydrogens is 430 g/mol. The Balaban J connectivity index is 2.00. The van der Waals surface area contributed by atoms with Gasteiger partial charge in [-0.05, 0) is 67.4 Å². The maximum atomic E-state index is 9.90. The number of thiophene rings is 2. The molecule has 0 aliphatic heterocycles. The van der Waals surface area contributed by atoms with Crippen molar-refractivity contribution >= 4 is 49.9 Å². The molecule has 0 N–H and O–H groups in total. The number of fused-ring (bicyclic) bond motifs is 3. The van der Waals surface area contributed by atoms with Gasteiger partial charge < -0.3 is 0 Å². The number of hydrogen-bond acceptors (Lipinski definition) is 4. The molecule has 0 saturated carbocycles. The Morgan fingerprint density at radius 2 is 1.38 bits per heavy atom. The van der Waals surface area contributed by atoms with Gasteiger partial charge in [0.2, 0.25) is 0 Å². The molecule has 5 heteroatoms. The molecule has 0 fully saturated rings. The first-order valence-electron chi connectivity index (χ1n) is 9.84. The minimum Gasteiger partial charge on any atom is -0.226 e. The van der Waals surface area contributed by atoms with Gasteiger partial charge in [-0.3, -0.25) is 0 Å². The summed E-state index contributed by atoms with van der Waals surface area (Å²) in [4.78, 5) is 5.69. The van der Waals surface area contributed by atoms with Crippen molar-refractivity contribution in [2.45, 2.75) is 0 Å². The van der Waals surface area contributed by atoms with Gasteiger partial charge >= 0.3 is 0 Å². The third kappa shape index (κ3) is 2.31. The molecule has 0 atom stereocenters. The molecular formula is C27H11N3S2. The second-order valence-corrected chi connectivity index (χ2v) is 9.30. The van der Waals surface area contributed by atoms with Gasteiger partial charge in [0.15, 0.2) is 0 Å². The van der Waals surface area contributed by atoms with E-state index in [-0.39, 0.29) is 5.70 Å². The summed E-state index contributed by atoms with van der Waals surface area (Å²) in [5, 5.41) is 28.4. The van der Waals surface area contributed by atoms with Crippen LogP contribution in [0.2, 0.25) is 0 Å². The normalized spacial score (nSPS) is 12.2. The molecule has 2 aliphatic carbocycles. The first-order chi connectivity index (χ1) is 15.8. The summed E-state index contributed by atoms with van der Waals surface area (Å²) in [7, 11) is 0. The van der Waals surface area contributed by atoms with Gasteiger partial charge in [-0.2, -0.15) is 5.26 Å². The van der Waals surface area contributed by atoms with Crippen LogP contribution in [-0.4, -0.2) is 0 Å². The Kier molecular flexibility index (Phi) is 4.00. The van der Waals surface area contributed by atoms with Crippen LogP contribution >= 0.6 is 22.7 Å². The molecule has 0 saturated heterocycles. The van der Waals surface area contributed by atoms with Crippen LogP contribution in [-0.2, 0) is 0 Å². The molecule has 0 bridgehead atoms. The maximum Gasteiger partial charge on any atom is 0.270 e. The van der Waals surface area contributed by atoms with Crippen molar-refractivity contribution in [2.24, 2.45) is 0 Å². The Hall–Kier alpha value is -4.21. The minimum atomic E-state index is 0.105. The van der Waals surface area contributed by atoms with Gasteiger partial charge in [0.1, 0.15) is 0 Å². The van der Waals surface area contributed by atoms with Crippen LogP contribution in [0.3, 0.4) is 0 Å². The van der Waals surface area contributed by atoms with E-state index >= 15 is 0 Å². The molecule has 6 rings (SSSR count). The largest absolute Gasteiger partial charge is 0.270 e. The lowest BCUT2D eigenvalue weighted by molar-refractivity contribution is 1.51. The van der Waals surface area contributed by atoms with E-state index in [1.165, 1.54) is 0 Å². The smallest absolute Gasteiger partial charge is 0.226 e. The molecule has 2 aliphatic rings. The van der Waals surface area contributed by atoms with E-state index in [9.17, 15) is 10.5 Å². The molecule has 0 unspecified atom stereocenters. The summed E-state index contributed by atoms with van der Waals surface area (Å²) < 4.78 is 0. The van der Waals surface area contributed by atoms with Crippen LogP contribution in [0.4, 0.5) is 0 Å². The van der Waals surface area contributed by atoms with Crippen molar-refractivity contribution in [3.63, 3.8) is 0 Å². The summed E-state index contributed by atoms with van der Waals surface area (Å²) in [6, 6.07) is 22.5. The maximum absolute atomic E-state index is 9.90. The van der Waals surface area contributed by atoms with Gasteiger partial charge in [0.25, 0.3) is 5.70 Å². The molecule has 2 aromatic carbocycles. The van der Waals surface area contributed by atoms with Crippen LogP contribution in [0.15, 0.2) is 65.4 Å². The van der Waals surface area contributed by atoms with Gasteiger partial charge in [-0.25, -0.2) is 10.1 Å². The quantitative estimate of drug-likeness (QED) is 0.268. The van der Waals surface area contributed by atoms with Crippen molar-refractivity contribution in [3.05, 3.63) is 87.6 Å². The molecule has 4 aromatic rings. The van der Waals surface area contributed by atoms with E-state index in [2.05, 4.69) is 23.0 Å². The molecule has 2 aromatic heterocycles. The van der Waals surface area contributed by atoms with E-state index in [0.717, 1.165) is 53.6 Å². The van der Waals surface area contributed by atoms with Crippen LogP contribution in [0.5, 0.6) is 0 Å². The fourth-order valence-electron chi connectivity index (χ4n) is 4.79. The lowest BCUT2D eigenvalue weighted by atomic mass is 10.00. The number of nitrogens with zero attached hydrogens (tertiary/aromatic N) is 3. The highest BCUT2D eigenvalue weighted by molar-refractivity contribution is 7.14. The average Bonchev–Trinajstić information content (AvgIpc) is 3.61. The molecule has 32 heavy (non-hydrogen) atoms. The van der Waals surface area contributed by atoms with E-state index in [1.54, 1.807) is 22.7 Å². The molecule has 0 spiro atoms. The number of rotatable bonds is 2. The standard InChI is InChI=1S/C27H11N3S2/c1-30-19(14-29)25-26(20-7-3-11-31-20)23-17-6-2-5-16-15(13-28)9-10-18(22(16)17)24(23)27(25)21-8-4-12-32-21/h2-12H/b25-19-. The Labute approximate surface area is 191 Å².